The number of benzene rings is 1. The third-order valence-corrected chi connectivity index (χ3v) is 5.43. The van der Waals surface area contributed by atoms with E-state index in [4.69, 9.17) is 0 Å². The van der Waals surface area contributed by atoms with Crippen molar-refractivity contribution in [1.82, 2.24) is 15.2 Å². The van der Waals surface area contributed by atoms with Crippen LogP contribution in [0.4, 0.5) is 0 Å². The molecule has 1 fully saturated rings. The fourth-order valence-electron chi connectivity index (χ4n) is 3.27. The third-order valence-electron chi connectivity index (χ3n) is 4.46. The second kappa shape index (κ2) is 10.1. The zero-order valence-electron chi connectivity index (χ0n) is 14.9. The molecule has 1 N–H and O–H groups in total. The van der Waals surface area contributed by atoms with Gasteiger partial charge in [-0.25, -0.2) is 4.98 Å². The quantitative estimate of drug-likeness (QED) is 0.411. The summed E-state index contributed by atoms with van der Waals surface area (Å²) in [5.41, 5.74) is 1.44. The molecule has 0 saturated carbocycles. The molecule has 136 valence electrons. The maximum absolute atomic E-state index is 4.46. The Bertz CT molecular complexity index is 671. The molecule has 1 saturated heterocycles. The molecular formula is C19H27IN4S. The molecule has 0 aliphatic carbocycles. The molecule has 1 aliphatic heterocycles. The molecule has 0 bridgehead atoms. The van der Waals surface area contributed by atoms with Crippen LogP contribution in [-0.4, -0.2) is 42.5 Å². The van der Waals surface area contributed by atoms with Crippen molar-refractivity contribution in [3.63, 3.8) is 0 Å². The Balaban J connectivity index is 0.00000225. The summed E-state index contributed by atoms with van der Waals surface area (Å²) in [6.07, 6.45) is 5.30. The van der Waals surface area contributed by atoms with Crippen LogP contribution in [0, 0.1) is 12.8 Å². The number of aryl methyl sites for hydroxylation is 1. The van der Waals surface area contributed by atoms with E-state index >= 15 is 0 Å². The SMILES string of the molecule is CN=C(NCCc1ncc(C)s1)N1CCC(Cc2ccccc2)C1.I. The first-order chi connectivity index (χ1) is 11.7. The monoisotopic (exact) mass is 470 g/mol. The number of rotatable bonds is 5. The van der Waals surface area contributed by atoms with Gasteiger partial charge in [-0.15, -0.1) is 35.3 Å². The number of halogens is 1. The molecular weight excluding hydrogens is 443 g/mol. The van der Waals surface area contributed by atoms with Gasteiger partial charge in [0.2, 0.25) is 0 Å². The minimum atomic E-state index is 0. The second-order valence-corrected chi connectivity index (χ2v) is 7.70. The summed E-state index contributed by atoms with van der Waals surface area (Å²) in [6, 6.07) is 10.8. The van der Waals surface area contributed by atoms with Crippen LogP contribution in [0.5, 0.6) is 0 Å². The molecule has 2 heterocycles. The molecule has 4 nitrogen and oxygen atoms in total. The Hall–Kier alpha value is -1.15. The fraction of sp³-hybridized carbons (Fsp3) is 0.474. The van der Waals surface area contributed by atoms with E-state index in [1.807, 2.05) is 13.2 Å². The maximum Gasteiger partial charge on any atom is 0.193 e. The molecule has 1 aliphatic rings. The molecule has 1 unspecified atom stereocenters. The Morgan fingerprint density at radius 2 is 2.16 bits per heavy atom. The van der Waals surface area contributed by atoms with Crippen LogP contribution in [0.1, 0.15) is 21.9 Å². The van der Waals surface area contributed by atoms with E-state index in [1.54, 1.807) is 11.3 Å². The van der Waals surface area contributed by atoms with E-state index < -0.39 is 0 Å². The van der Waals surface area contributed by atoms with E-state index in [0.29, 0.717) is 5.92 Å². The van der Waals surface area contributed by atoms with E-state index in [-0.39, 0.29) is 24.0 Å². The van der Waals surface area contributed by atoms with Gasteiger partial charge in [0.25, 0.3) is 0 Å². The van der Waals surface area contributed by atoms with Gasteiger partial charge < -0.3 is 10.2 Å². The number of hydrogen-bond donors (Lipinski definition) is 1. The summed E-state index contributed by atoms with van der Waals surface area (Å²) in [4.78, 5) is 12.5. The highest BCUT2D eigenvalue weighted by atomic mass is 127. The Morgan fingerprint density at radius 1 is 1.36 bits per heavy atom. The van der Waals surface area contributed by atoms with E-state index in [9.17, 15) is 0 Å². The highest BCUT2D eigenvalue weighted by molar-refractivity contribution is 14.0. The van der Waals surface area contributed by atoms with Crippen LogP contribution in [0.2, 0.25) is 0 Å². The van der Waals surface area contributed by atoms with Gasteiger partial charge in [-0.1, -0.05) is 30.3 Å². The average molecular weight is 470 g/mol. The van der Waals surface area contributed by atoms with Gasteiger partial charge in [0, 0.05) is 44.2 Å². The summed E-state index contributed by atoms with van der Waals surface area (Å²) < 4.78 is 0. The first-order valence-corrected chi connectivity index (χ1v) is 9.47. The average Bonchev–Trinajstić information content (AvgIpc) is 3.22. The van der Waals surface area contributed by atoms with Crippen molar-refractivity contribution in [1.29, 1.82) is 0 Å². The summed E-state index contributed by atoms with van der Waals surface area (Å²) in [7, 11) is 1.88. The second-order valence-electron chi connectivity index (χ2n) is 6.38. The number of likely N-dealkylation sites (tertiary alicyclic amines) is 1. The van der Waals surface area contributed by atoms with Gasteiger partial charge in [0.1, 0.15) is 0 Å². The first kappa shape index (κ1) is 20.2. The number of aliphatic imine (C=N–C) groups is 1. The van der Waals surface area contributed by atoms with Crippen molar-refractivity contribution >= 4 is 41.3 Å². The molecule has 1 aromatic carbocycles. The molecule has 1 atom stereocenters. The van der Waals surface area contributed by atoms with Crippen LogP contribution >= 0.6 is 35.3 Å². The van der Waals surface area contributed by atoms with Crippen LogP contribution in [0.3, 0.4) is 0 Å². The number of nitrogens with one attached hydrogen (secondary N) is 1. The largest absolute Gasteiger partial charge is 0.356 e. The lowest BCUT2D eigenvalue weighted by Gasteiger charge is -2.21. The van der Waals surface area contributed by atoms with Gasteiger partial charge in [0.15, 0.2) is 5.96 Å². The molecule has 0 amide bonds. The van der Waals surface area contributed by atoms with Crippen LogP contribution in [0.15, 0.2) is 41.5 Å². The van der Waals surface area contributed by atoms with Crippen molar-refractivity contribution in [2.75, 3.05) is 26.7 Å². The fourth-order valence-corrected chi connectivity index (χ4v) is 4.06. The van der Waals surface area contributed by atoms with Gasteiger partial charge in [-0.2, -0.15) is 0 Å². The molecule has 6 heteroatoms. The van der Waals surface area contributed by atoms with Crippen LogP contribution in [0.25, 0.3) is 0 Å². The zero-order chi connectivity index (χ0) is 16.8. The van der Waals surface area contributed by atoms with Gasteiger partial charge in [-0.05, 0) is 31.2 Å². The summed E-state index contributed by atoms with van der Waals surface area (Å²) in [5, 5.41) is 4.69. The minimum absolute atomic E-state index is 0. The number of guanidine groups is 1. The molecule has 0 spiro atoms. The lowest BCUT2D eigenvalue weighted by molar-refractivity contribution is 0.460. The predicted octanol–water partition coefficient (Wildman–Crippen LogP) is 3.75. The standard InChI is InChI=1S/C19H26N4S.HI/c1-15-13-22-18(24-15)8-10-21-19(20-2)23-11-9-17(14-23)12-16-6-4-3-5-7-16;/h3-7,13,17H,8-12,14H2,1-2H3,(H,20,21);1H. The van der Waals surface area contributed by atoms with Crippen molar-refractivity contribution in [2.45, 2.75) is 26.2 Å². The van der Waals surface area contributed by atoms with Crippen molar-refractivity contribution in [2.24, 2.45) is 10.9 Å². The van der Waals surface area contributed by atoms with Crippen molar-refractivity contribution in [3.05, 3.63) is 52.0 Å². The molecule has 2 aromatic rings. The molecule has 1 aromatic heterocycles. The molecule has 0 radical (unpaired) electrons. The number of nitrogens with zero attached hydrogens (tertiary/aromatic N) is 3. The number of hydrogen-bond acceptors (Lipinski definition) is 3. The maximum atomic E-state index is 4.46. The normalized spacial score (nSPS) is 17.4. The van der Waals surface area contributed by atoms with Gasteiger partial charge in [0.05, 0.1) is 5.01 Å². The Morgan fingerprint density at radius 3 is 2.84 bits per heavy atom. The lowest BCUT2D eigenvalue weighted by atomic mass is 9.99. The highest BCUT2D eigenvalue weighted by Gasteiger charge is 2.24. The van der Waals surface area contributed by atoms with Gasteiger partial charge in [-0.3, -0.25) is 4.99 Å². The van der Waals surface area contributed by atoms with E-state index in [2.05, 4.69) is 57.4 Å². The highest BCUT2D eigenvalue weighted by Crippen LogP contribution is 2.21. The van der Waals surface area contributed by atoms with Gasteiger partial charge >= 0.3 is 0 Å². The molecule has 3 rings (SSSR count). The van der Waals surface area contributed by atoms with E-state index in [1.165, 1.54) is 21.9 Å². The summed E-state index contributed by atoms with van der Waals surface area (Å²) in [5.74, 6) is 1.74. The zero-order valence-corrected chi connectivity index (χ0v) is 18.1. The van der Waals surface area contributed by atoms with E-state index in [0.717, 1.165) is 38.4 Å². The minimum Gasteiger partial charge on any atom is -0.356 e. The topological polar surface area (TPSA) is 40.5 Å². The first-order valence-electron chi connectivity index (χ1n) is 8.65. The summed E-state index contributed by atoms with van der Waals surface area (Å²) >= 11 is 1.78. The third kappa shape index (κ3) is 5.95. The number of aromatic nitrogens is 1. The Kier molecular flexibility index (Phi) is 8.15. The summed E-state index contributed by atoms with van der Waals surface area (Å²) in [6.45, 7) is 5.17. The van der Waals surface area contributed by atoms with Crippen LogP contribution < -0.4 is 5.32 Å². The smallest absolute Gasteiger partial charge is 0.193 e. The Labute approximate surface area is 171 Å². The van der Waals surface area contributed by atoms with Crippen molar-refractivity contribution in [3.8, 4) is 0 Å². The molecule has 25 heavy (non-hydrogen) atoms. The lowest BCUT2D eigenvalue weighted by Crippen LogP contribution is -2.41. The van der Waals surface area contributed by atoms with Crippen molar-refractivity contribution < 1.29 is 0 Å². The van der Waals surface area contributed by atoms with Crippen LogP contribution in [-0.2, 0) is 12.8 Å². The number of thiazole rings is 1. The predicted molar refractivity (Wildman–Crippen MR) is 117 cm³/mol.